The van der Waals surface area contributed by atoms with Crippen LogP contribution in [0.3, 0.4) is 0 Å². The zero-order valence-electron chi connectivity index (χ0n) is 9.06. The highest BCUT2D eigenvalue weighted by atomic mass is 16.6. The van der Waals surface area contributed by atoms with Crippen LogP contribution in [0.4, 0.5) is 5.69 Å². The molecule has 0 fully saturated rings. The second-order valence-corrected chi connectivity index (χ2v) is 3.64. The minimum atomic E-state index is -0.594. The second-order valence-electron chi connectivity index (χ2n) is 3.64. The molecule has 15 heavy (non-hydrogen) atoms. The van der Waals surface area contributed by atoms with Gasteiger partial charge in [0.2, 0.25) is 0 Å². The van der Waals surface area contributed by atoms with Crippen LogP contribution >= 0.6 is 0 Å². The molecule has 0 amide bonds. The maximum absolute atomic E-state index is 10.9. The van der Waals surface area contributed by atoms with E-state index in [4.69, 9.17) is 5.73 Å². The SMILES string of the molecule is CCC(N)(CC)c1ccccc1[N+](=O)[O-]. The van der Waals surface area contributed by atoms with E-state index in [0.717, 1.165) is 0 Å². The van der Waals surface area contributed by atoms with E-state index in [1.165, 1.54) is 6.07 Å². The lowest BCUT2D eigenvalue weighted by Crippen LogP contribution is -2.35. The summed E-state index contributed by atoms with van der Waals surface area (Å²) in [6, 6.07) is 6.69. The predicted octanol–water partition coefficient (Wildman–Crippen LogP) is 2.57. The minimum absolute atomic E-state index is 0.115. The summed E-state index contributed by atoms with van der Waals surface area (Å²) in [6.07, 6.45) is 1.38. The molecule has 1 aromatic rings. The van der Waals surface area contributed by atoms with Gasteiger partial charge >= 0.3 is 0 Å². The normalized spacial score (nSPS) is 11.4. The third kappa shape index (κ3) is 2.15. The van der Waals surface area contributed by atoms with Gasteiger partial charge in [-0.2, -0.15) is 0 Å². The summed E-state index contributed by atoms with van der Waals surface area (Å²) in [7, 11) is 0. The molecule has 0 aliphatic heterocycles. The van der Waals surface area contributed by atoms with Gasteiger partial charge in [-0.3, -0.25) is 10.1 Å². The van der Waals surface area contributed by atoms with Crippen LogP contribution in [0.5, 0.6) is 0 Å². The van der Waals surface area contributed by atoms with E-state index in [0.29, 0.717) is 18.4 Å². The van der Waals surface area contributed by atoms with E-state index < -0.39 is 5.54 Å². The van der Waals surface area contributed by atoms with Gasteiger partial charge in [-0.25, -0.2) is 0 Å². The molecule has 82 valence electrons. The molecule has 0 spiro atoms. The van der Waals surface area contributed by atoms with Crippen LogP contribution in [-0.4, -0.2) is 4.92 Å². The average molecular weight is 208 g/mol. The monoisotopic (exact) mass is 208 g/mol. The van der Waals surface area contributed by atoms with Crippen molar-refractivity contribution in [3.05, 3.63) is 39.9 Å². The molecule has 0 aliphatic rings. The fraction of sp³-hybridized carbons (Fsp3) is 0.455. The molecule has 0 saturated heterocycles. The number of nitro benzene ring substituents is 1. The van der Waals surface area contributed by atoms with Gasteiger partial charge < -0.3 is 5.73 Å². The largest absolute Gasteiger partial charge is 0.321 e. The lowest BCUT2D eigenvalue weighted by molar-refractivity contribution is -0.386. The number of nitro groups is 1. The molecule has 0 saturated carbocycles. The standard InChI is InChI=1S/C11H16N2O2/c1-3-11(12,4-2)9-7-5-6-8-10(9)13(14)15/h5-8H,3-4,12H2,1-2H3. The van der Waals surface area contributed by atoms with E-state index in [1.54, 1.807) is 18.2 Å². The van der Waals surface area contributed by atoms with Gasteiger partial charge in [0.05, 0.1) is 4.92 Å². The van der Waals surface area contributed by atoms with Gasteiger partial charge in [-0.1, -0.05) is 32.0 Å². The van der Waals surface area contributed by atoms with Crippen molar-refractivity contribution in [2.24, 2.45) is 5.73 Å². The summed E-state index contributed by atoms with van der Waals surface area (Å²) in [5.74, 6) is 0. The molecule has 1 rings (SSSR count). The van der Waals surface area contributed by atoms with Crippen molar-refractivity contribution in [3.8, 4) is 0 Å². The molecule has 0 unspecified atom stereocenters. The van der Waals surface area contributed by atoms with Crippen molar-refractivity contribution >= 4 is 5.69 Å². The Morgan fingerprint density at radius 1 is 1.33 bits per heavy atom. The maximum Gasteiger partial charge on any atom is 0.274 e. The Labute approximate surface area is 89.2 Å². The summed E-state index contributed by atoms with van der Waals surface area (Å²) in [6.45, 7) is 3.89. The van der Waals surface area contributed by atoms with Gasteiger partial charge in [0, 0.05) is 17.2 Å². The molecule has 0 atom stereocenters. The van der Waals surface area contributed by atoms with E-state index in [9.17, 15) is 10.1 Å². The summed E-state index contributed by atoms with van der Waals surface area (Å²) >= 11 is 0. The van der Waals surface area contributed by atoms with Gasteiger partial charge in [0.25, 0.3) is 5.69 Å². The summed E-state index contributed by atoms with van der Waals surface area (Å²) in [4.78, 5) is 10.5. The molecule has 4 heteroatoms. The maximum atomic E-state index is 10.9. The van der Waals surface area contributed by atoms with Crippen molar-refractivity contribution < 1.29 is 4.92 Å². The lowest BCUT2D eigenvalue weighted by Gasteiger charge is -2.26. The summed E-state index contributed by atoms with van der Waals surface area (Å²) in [5.41, 5.74) is 6.30. The number of nitrogens with zero attached hydrogens (tertiary/aromatic N) is 1. The van der Waals surface area contributed by atoms with Gasteiger partial charge in [-0.05, 0) is 12.8 Å². The zero-order chi connectivity index (χ0) is 11.5. The van der Waals surface area contributed by atoms with Gasteiger partial charge in [0.1, 0.15) is 0 Å². The molecular formula is C11H16N2O2. The van der Waals surface area contributed by atoms with Crippen LogP contribution < -0.4 is 5.73 Å². The van der Waals surface area contributed by atoms with Gasteiger partial charge in [0.15, 0.2) is 0 Å². The first-order chi connectivity index (χ1) is 7.05. The van der Waals surface area contributed by atoms with Crippen molar-refractivity contribution in [1.82, 2.24) is 0 Å². The van der Waals surface area contributed by atoms with E-state index >= 15 is 0 Å². The first-order valence-electron chi connectivity index (χ1n) is 5.08. The van der Waals surface area contributed by atoms with Crippen LogP contribution in [0.15, 0.2) is 24.3 Å². The Bertz CT molecular complexity index is 359. The number of hydrogen-bond donors (Lipinski definition) is 1. The molecule has 0 radical (unpaired) electrons. The third-order valence-corrected chi connectivity index (χ3v) is 2.90. The van der Waals surface area contributed by atoms with Crippen LogP contribution in [-0.2, 0) is 5.54 Å². The van der Waals surface area contributed by atoms with E-state index in [2.05, 4.69) is 0 Å². The molecule has 0 bridgehead atoms. The Kier molecular flexibility index (Phi) is 3.42. The van der Waals surface area contributed by atoms with Crippen molar-refractivity contribution in [3.63, 3.8) is 0 Å². The predicted molar refractivity (Wildman–Crippen MR) is 59.5 cm³/mol. The van der Waals surface area contributed by atoms with Crippen molar-refractivity contribution in [2.75, 3.05) is 0 Å². The van der Waals surface area contributed by atoms with E-state index in [1.807, 2.05) is 13.8 Å². The fourth-order valence-corrected chi connectivity index (χ4v) is 1.68. The van der Waals surface area contributed by atoms with Crippen molar-refractivity contribution in [2.45, 2.75) is 32.2 Å². The second kappa shape index (κ2) is 4.40. The Hall–Kier alpha value is -1.42. The molecule has 1 aromatic carbocycles. The van der Waals surface area contributed by atoms with Crippen LogP contribution in [0.2, 0.25) is 0 Å². The smallest absolute Gasteiger partial charge is 0.274 e. The Balaban J connectivity index is 3.29. The number of hydrogen-bond acceptors (Lipinski definition) is 3. The van der Waals surface area contributed by atoms with E-state index in [-0.39, 0.29) is 10.6 Å². The molecule has 0 heterocycles. The third-order valence-electron chi connectivity index (χ3n) is 2.90. The topological polar surface area (TPSA) is 69.2 Å². The minimum Gasteiger partial charge on any atom is -0.321 e. The first kappa shape index (κ1) is 11.7. The molecule has 0 aliphatic carbocycles. The Morgan fingerprint density at radius 2 is 1.87 bits per heavy atom. The molecule has 2 N–H and O–H groups in total. The van der Waals surface area contributed by atoms with Crippen LogP contribution in [0.1, 0.15) is 32.3 Å². The van der Waals surface area contributed by atoms with Gasteiger partial charge in [-0.15, -0.1) is 0 Å². The van der Waals surface area contributed by atoms with Crippen LogP contribution in [0.25, 0.3) is 0 Å². The summed E-state index contributed by atoms with van der Waals surface area (Å²) in [5, 5.41) is 10.9. The number of nitrogens with two attached hydrogens (primary N) is 1. The first-order valence-corrected chi connectivity index (χ1v) is 5.08. The Morgan fingerprint density at radius 3 is 2.33 bits per heavy atom. The molecule has 0 aromatic heterocycles. The van der Waals surface area contributed by atoms with Crippen molar-refractivity contribution in [1.29, 1.82) is 0 Å². The summed E-state index contributed by atoms with van der Waals surface area (Å²) < 4.78 is 0. The number of para-hydroxylation sites is 1. The van der Waals surface area contributed by atoms with Crippen LogP contribution in [0, 0.1) is 10.1 Å². The number of rotatable bonds is 4. The fourth-order valence-electron chi connectivity index (χ4n) is 1.68. The number of benzene rings is 1. The highest BCUT2D eigenvalue weighted by molar-refractivity contribution is 5.44. The molecular weight excluding hydrogens is 192 g/mol. The highest BCUT2D eigenvalue weighted by Gasteiger charge is 2.29. The average Bonchev–Trinajstić information content (AvgIpc) is 2.28. The quantitative estimate of drug-likeness (QED) is 0.610. The highest BCUT2D eigenvalue weighted by Crippen LogP contribution is 2.32. The zero-order valence-corrected chi connectivity index (χ0v) is 9.06. The lowest BCUT2D eigenvalue weighted by atomic mass is 9.85. The molecule has 4 nitrogen and oxygen atoms in total.